The van der Waals surface area contributed by atoms with E-state index in [0.717, 1.165) is 39.1 Å². The minimum absolute atomic E-state index is 0.119. The number of aryl methyl sites for hydroxylation is 1. The lowest BCUT2D eigenvalue weighted by Gasteiger charge is -2.16. The van der Waals surface area contributed by atoms with Gasteiger partial charge >= 0.3 is 0 Å². The number of hydrogen-bond donors (Lipinski definition) is 1. The van der Waals surface area contributed by atoms with Crippen LogP contribution in [0, 0.1) is 13.8 Å². The van der Waals surface area contributed by atoms with Crippen molar-refractivity contribution in [1.29, 1.82) is 0 Å². The molecule has 5 rings (SSSR count). The van der Waals surface area contributed by atoms with E-state index >= 15 is 0 Å². The minimum Gasteiger partial charge on any atom is -0.318 e. The van der Waals surface area contributed by atoms with Crippen molar-refractivity contribution < 1.29 is 9.59 Å². The first-order valence-corrected chi connectivity index (χ1v) is 11.4. The van der Waals surface area contributed by atoms with Gasteiger partial charge in [0.05, 0.1) is 21.9 Å². The zero-order valence-corrected chi connectivity index (χ0v) is 20.0. The molecule has 2 amide bonds. The lowest BCUT2D eigenvalue weighted by Crippen LogP contribution is -2.37. The van der Waals surface area contributed by atoms with Crippen molar-refractivity contribution in [3.8, 4) is 5.69 Å². The Morgan fingerprint density at radius 3 is 2.56 bits per heavy atom. The highest BCUT2D eigenvalue weighted by Crippen LogP contribution is 2.36. The number of amides is 2. The fourth-order valence-corrected chi connectivity index (χ4v) is 4.72. The molecule has 2 heterocycles. The van der Waals surface area contributed by atoms with E-state index in [0.29, 0.717) is 15.6 Å². The van der Waals surface area contributed by atoms with Gasteiger partial charge in [0.2, 0.25) is 0 Å². The van der Waals surface area contributed by atoms with Crippen LogP contribution in [0.3, 0.4) is 0 Å². The molecule has 3 aromatic carbocycles. The third-order valence-electron chi connectivity index (χ3n) is 5.98. The lowest BCUT2D eigenvalue weighted by molar-refractivity contribution is -0.119. The number of halogens is 2. The van der Waals surface area contributed by atoms with Gasteiger partial charge in [-0.25, -0.2) is 5.43 Å². The highest BCUT2D eigenvalue weighted by Gasteiger charge is 2.30. The van der Waals surface area contributed by atoms with Gasteiger partial charge < -0.3 is 4.57 Å². The molecule has 0 spiro atoms. The molecule has 0 aliphatic carbocycles. The number of nitrogens with one attached hydrogen (secondary N) is 1. The number of nitrogens with zero attached hydrogens (tertiary/aromatic N) is 3. The number of carbonyl (C=O) groups excluding carboxylic acids is 2. The second-order valence-electron chi connectivity index (χ2n) is 8.13. The number of rotatable bonds is 5. The maximum Gasteiger partial charge on any atom is 0.260 e. The molecule has 0 unspecified atom stereocenters. The molecule has 0 atom stereocenters. The second kappa shape index (κ2) is 8.63. The molecule has 0 fully saturated rings. The predicted molar refractivity (Wildman–Crippen MR) is 137 cm³/mol. The molecule has 0 radical (unpaired) electrons. The molecule has 4 aromatic rings. The van der Waals surface area contributed by atoms with Gasteiger partial charge in [-0.1, -0.05) is 47.5 Å². The summed E-state index contributed by atoms with van der Waals surface area (Å²) in [5, 5.41) is 6.94. The van der Waals surface area contributed by atoms with Crippen molar-refractivity contribution in [2.75, 3.05) is 11.4 Å². The zero-order valence-electron chi connectivity index (χ0n) is 18.5. The molecule has 170 valence electrons. The first-order valence-electron chi connectivity index (χ1n) is 10.6. The van der Waals surface area contributed by atoms with Crippen molar-refractivity contribution in [2.24, 2.45) is 5.10 Å². The van der Waals surface area contributed by atoms with Crippen LogP contribution >= 0.6 is 23.2 Å². The third-order valence-corrected chi connectivity index (χ3v) is 6.71. The van der Waals surface area contributed by atoms with Crippen LogP contribution in [0.25, 0.3) is 16.5 Å². The van der Waals surface area contributed by atoms with Gasteiger partial charge in [0, 0.05) is 33.6 Å². The topological polar surface area (TPSA) is 66.7 Å². The Balaban J connectivity index is 1.31. The van der Waals surface area contributed by atoms with Crippen molar-refractivity contribution in [3.05, 3.63) is 93.2 Å². The summed E-state index contributed by atoms with van der Waals surface area (Å²) < 4.78 is 2.03. The summed E-state index contributed by atoms with van der Waals surface area (Å²) >= 11 is 12.2. The van der Waals surface area contributed by atoms with Gasteiger partial charge in [-0.05, 0) is 55.6 Å². The van der Waals surface area contributed by atoms with Crippen molar-refractivity contribution in [1.82, 2.24) is 9.99 Å². The van der Waals surface area contributed by atoms with Gasteiger partial charge in [-0.15, -0.1) is 0 Å². The van der Waals surface area contributed by atoms with Crippen molar-refractivity contribution in [2.45, 2.75) is 13.8 Å². The SMILES string of the molecule is Cc1cc(/C=N/NC(=O)CN2C(=O)c3cccc4cccc2c34)c(C)n1-c1ccc(Cl)c(Cl)c1. The smallest absolute Gasteiger partial charge is 0.260 e. The van der Waals surface area contributed by atoms with E-state index in [9.17, 15) is 9.59 Å². The highest BCUT2D eigenvalue weighted by atomic mass is 35.5. The Kier molecular flexibility index (Phi) is 5.63. The second-order valence-corrected chi connectivity index (χ2v) is 8.94. The van der Waals surface area contributed by atoms with E-state index in [1.807, 2.05) is 60.9 Å². The molecule has 1 aliphatic rings. The van der Waals surface area contributed by atoms with Crippen LogP contribution in [0.15, 0.2) is 65.8 Å². The maximum atomic E-state index is 12.9. The van der Waals surface area contributed by atoms with Crippen LogP contribution in [0.1, 0.15) is 27.3 Å². The number of hydrazone groups is 1. The Morgan fingerprint density at radius 2 is 1.79 bits per heavy atom. The molecule has 0 saturated heterocycles. The number of aromatic nitrogens is 1. The minimum atomic E-state index is -0.382. The molecule has 1 N–H and O–H groups in total. The summed E-state index contributed by atoms with van der Waals surface area (Å²) in [4.78, 5) is 26.9. The fourth-order valence-electron chi connectivity index (χ4n) is 4.43. The molecular weight excluding hydrogens is 471 g/mol. The summed E-state index contributed by atoms with van der Waals surface area (Å²) in [5.41, 5.74) is 7.54. The number of hydrogen-bond acceptors (Lipinski definition) is 3. The van der Waals surface area contributed by atoms with Crippen LogP contribution < -0.4 is 10.3 Å². The Bertz CT molecular complexity index is 1500. The first-order chi connectivity index (χ1) is 16.3. The molecule has 1 aliphatic heterocycles. The average molecular weight is 491 g/mol. The molecule has 0 saturated carbocycles. The van der Waals surface area contributed by atoms with Gasteiger partial charge in [0.1, 0.15) is 6.54 Å². The van der Waals surface area contributed by atoms with Gasteiger partial charge in [0.15, 0.2) is 0 Å². The molecule has 34 heavy (non-hydrogen) atoms. The van der Waals surface area contributed by atoms with Crippen LogP contribution in [0.5, 0.6) is 0 Å². The largest absolute Gasteiger partial charge is 0.318 e. The number of benzene rings is 3. The summed E-state index contributed by atoms with van der Waals surface area (Å²) in [6.07, 6.45) is 1.59. The highest BCUT2D eigenvalue weighted by molar-refractivity contribution is 6.42. The standard InChI is InChI=1S/C26H20Cl2N4O2/c1-15-11-18(16(2)32(15)19-9-10-21(27)22(28)12-19)13-29-30-24(33)14-31-23-8-4-6-17-5-3-7-20(25(17)23)26(31)34/h3-13H,14H2,1-2H3,(H,30,33)/b29-13+. The van der Waals surface area contributed by atoms with E-state index in [1.54, 1.807) is 24.4 Å². The summed E-state index contributed by atoms with van der Waals surface area (Å²) in [6, 6.07) is 18.7. The lowest BCUT2D eigenvalue weighted by atomic mass is 10.1. The van der Waals surface area contributed by atoms with Gasteiger partial charge in [-0.2, -0.15) is 5.10 Å². The zero-order chi connectivity index (χ0) is 24.0. The molecule has 8 heteroatoms. The Morgan fingerprint density at radius 1 is 1.03 bits per heavy atom. The monoisotopic (exact) mass is 490 g/mol. The molecular formula is C26H20Cl2N4O2. The summed E-state index contributed by atoms with van der Waals surface area (Å²) in [7, 11) is 0. The van der Waals surface area contributed by atoms with E-state index in [2.05, 4.69) is 10.5 Å². The van der Waals surface area contributed by atoms with E-state index in [4.69, 9.17) is 23.2 Å². The quantitative estimate of drug-likeness (QED) is 0.289. The van der Waals surface area contributed by atoms with E-state index < -0.39 is 0 Å². The van der Waals surface area contributed by atoms with Gasteiger partial charge in [0.25, 0.3) is 11.8 Å². The maximum absolute atomic E-state index is 12.9. The molecule has 6 nitrogen and oxygen atoms in total. The van der Waals surface area contributed by atoms with Crippen molar-refractivity contribution >= 4 is 57.7 Å². The normalized spacial score (nSPS) is 12.8. The molecule has 0 bridgehead atoms. The van der Waals surface area contributed by atoms with Gasteiger partial charge in [-0.3, -0.25) is 14.5 Å². The van der Waals surface area contributed by atoms with E-state index in [1.165, 1.54) is 4.90 Å². The Labute approximate surface area is 206 Å². The summed E-state index contributed by atoms with van der Waals surface area (Å²) in [5.74, 6) is -0.566. The van der Waals surface area contributed by atoms with Crippen molar-refractivity contribution in [3.63, 3.8) is 0 Å². The van der Waals surface area contributed by atoms with E-state index in [-0.39, 0.29) is 18.4 Å². The van der Waals surface area contributed by atoms with Crippen LogP contribution in [-0.2, 0) is 4.79 Å². The molecule has 1 aromatic heterocycles. The fraction of sp³-hybridized carbons (Fsp3) is 0.115. The van der Waals surface area contributed by atoms with Crippen LogP contribution in [-0.4, -0.2) is 29.1 Å². The number of anilines is 1. The summed E-state index contributed by atoms with van der Waals surface area (Å²) in [6.45, 7) is 3.81. The first kappa shape index (κ1) is 22.2. The number of carbonyl (C=O) groups is 2. The Hall–Kier alpha value is -3.61. The predicted octanol–water partition coefficient (Wildman–Crippen LogP) is 5.66. The van der Waals surface area contributed by atoms with Crippen LogP contribution in [0.2, 0.25) is 10.0 Å². The average Bonchev–Trinajstić information content (AvgIpc) is 3.25. The van der Waals surface area contributed by atoms with Crippen LogP contribution in [0.4, 0.5) is 5.69 Å². The third kappa shape index (κ3) is 3.75.